The summed E-state index contributed by atoms with van der Waals surface area (Å²) in [7, 11) is -7.97. The molecular formula is C13H13N3O5S2. The summed E-state index contributed by atoms with van der Waals surface area (Å²) in [5.41, 5.74) is 0.623. The maximum Gasteiger partial charge on any atom is 0.291 e. The Morgan fingerprint density at radius 3 is 1.91 bits per heavy atom. The zero-order valence-electron chi connectivity index (χ0n) is 11.9. The molecule has 0 heterocycles. The molecule has 2 N–H and O–H groups in total. The standard InChI is InChI=1S/C13H13N3O5S2/c1-10-2-6-12(7-3-10)22(14,19)15-23(20,21)13-8-4-11(5-9-13)16(17)18/h2-9H,1H3,(H2,14,15,19). The van der Waals surface area contributed by atoms with Gasteiger partial charge < -0.3 is 0 Å². The Morgan fingerprint density at radius 1 is 0.957 bits per heavy atom. The number of aryl methyl sites for hydroxylation is 1. The minimum absolute atomic E-state index is 0.0774. The monoisotopic (exact) mass is 355 g/mol. The van der Waals surface area contributed by atoms with Gasteiger partial charge in [-0.15, -0.1) is 0 Å². The van der Waals surface area contributed by atoms with Crippen molar-refractivity contribution in [2.75, 3.05) is 0 Å². The fourth-order valence-corrected chi connectivity index (χ4v) is 4.57. The van der Waals surface area contributed by atoms with Crippen LogP contribution in [0.4, 0.5) is 5.69 Å². The quantitative estimate of drug-likeness (QED) is 0.661. The Labute approximate surface area is 133 Å². The molecule has 0 aliphatic carbocycles. The van der Waals surface area contributed by atoms with E-state index in [1.54, 1.807) is 12.1 Å². The molecule has 2 aromatic carbocycles. The van der Waals surface area contributed by atoms with Gasteiger partial charge in [-0.25, -0.2) is 9.35 Å². The Morgan fingerprint density at radius 2 is 1.43 bits per heavy atom. The van der Waals surface area contributed by atoms with Crippen LogP contribution < -0.4 is 5.14 Å². The average molecular weight is 355 g/mol. The maximum atomic E-state index is 12.4. The van der Waals surface area contributed by atoms with Crippen LogP contribution in [-0.4, -0.2) is 17.6 Å². The summed E-state index contributed by atoms with van der Waals surface area (Å²) in [6.07, 6.45) is 0. The highest BCUT2D eigenvalue weighted by Gasteiger charge is 2.19. The van der Waals surface area contributed by atoms with Crippen LogP contribution in [0.1, 0.15) is 5.56 Å². The summed E-state index contributed by atoms with van der Waals surface area (Å²) < 4.78 is 40.0. The molecule has 0 aromatic heterocycles. The number of nitrogens with zero attached hydrogens (tertiary/aromatic N) is 2. The molecule has 0 spiro atoms. The normalized spacial score (nSPS) is 14.0. The highest BCUT2D eigenvalue weighted by Crippen LogP contribution is 2.20. The lowest BCUT2D eigenvalue weighted by Crippen LogP contribution is -2.15. The second-order valence-electron chi connectivity index (χ2n) is 4.68. The van der Waals surface area contributed by atoms with Gasteiger partial charge in [-0.1, -0.05) is 21.5 Å². The minimum atomic E-state index is -4.32. The fraction of sp³-hybridized carbons (Fsp3) is 0.0769. The van der Waals surface area contributed by atoms with E-state index in [1.807, 2.05) is 6.92 Å². The smallest absolute Gasteiger partial charge is 0.258 e. The molecule has 2 rings (SSSR count). The number of rotatable bonds is 4. The second-order valence-corrected chi connectivity index (χ2v) is 8.31. The van der Waals surface area contributed by atoms with Crippen molar-refractivity contribution >= 4 is 25.6 Å². The lowest BCUT2D eigenvalue weighted by atomic mass is 10.2. The molecule has 10 heteroatoms. The molecule has 0 bridgehead atoms. The van der Waals surface area contributed by atoms with Gasteiger partial charge in [0.25, 0.3) is 15.7 Å². The van der Waals surface area contributed by atoms with Crippen LogP contribution in [-0.2, 0) is 19.9 Å². The van der Waals surface area contributed by atoms with Gasteiger partial charge in [0.2, 0.25) is 0 Å². The lowest BCUT2D eigenvalue weighted by Gasteiger charge is -2.05. The predicted octanol–water partition coefficient (Wildman–Crippen LogP) is 1.99. The molecule has 1 unspecified atom stereocenters. The highest BCUT2D eigenvalue weighted by molar-refractivity contribution is 8.02. The van der Waals surface area contributed by atoms with Crippen molar-refractivity contribution in [3.05, 3.63) is 64.2 Å². The first-order valence-electron chi connectivity index (χ1n) is 6.24. The van der Waals surface area contributed by atoms with Gasteiger partial charge in [-0.2, -0.15) is 8.42 Å². The van der Waals surface area contributed by atoms with Gasteiger partial charge in [0.05, 0.1) is 14.7 Å². The van der Waals surface area contributed by atoms with Gasteiger partial charge in [0, 0.05) is 12.1 Å². The van der Waals surface area contributed by atoms with Crippen LogP contribution in [0.15, 0.2) is 62.1 Å². The van der Waals surface area contributed by atoms with Crippen molar-refractivity contribution in [2.24, 2.45) is 8.91 Å². The van der Waals surface area contributed by atoms with Crippen LogP contribution in [0.25, 0.3) is 0 Å². The van der Waals surface area contributed by atoms with Crippen molar-refractivity contribution in [1.82, 2.24) is 0 Å². The topological polar surface area (TPSA) is 133 Å². The molecule has 2 aromatic rings. The van der Waals surface area contributed by atoms with E-state index in [1.165, 1.54) is 12.1 Å². The van der Waals surface area contributed by atoms with E-state index in [0.29, 0.717) is 0 Å². The first-order chi connectivity index (χ1) is 10.6. The van der Waals surface area contributed by atoms with Crippen molar-refractivity contribution in [1.29, 1.82) is 0 Å². The first kappa shape index (κ1) is 17.1. The van der Waals surface area contributed by atoms with Gasteiger partial charge in [0.1, 0.15) is 9.92 Å². The van der Waals surface area contributed by atoms with Crippen LogP contribution in [0.2, 0.25) is 0 Å². The number of nitrogens with two attached hydrogens (primary N) is 1. The molecule has 0 aliphatic heterocycles. The molecule has 0 radical (unpaired) electrons. The van der Waals surface area contributed by atoms with Crippen LogP contribution in [0, 0.1) is 17.0 Å². The van der Waals surface area contributed by atoms with Gasteiger partial charge in [-0.05, 0) is 31.2 Å². The van der Waals surface area contributed by atoms with E-state index >= 15 is 0 Å². The van der Waals surface area contributed by atoms with Crippen LogP contribution in [0.5, 0.6) is 0 Å². The molecule has 0 saturated heterocycles. The van der Waals surface area contributed by atoms with E-state index in [4.69, 9.17) is 5.14 Å². The zero-order valence-corrected chi connectivity index (χ0v) is 13.6. The summed E-state index contributed by atoms with van der Waals surface area (Å²) in [5.74, 6) is 0. The van der Waals surface area contributed by atoms with Crippen molar-refractivity contribution in [3.8, 4) is 0 Å². The summed E-state index contributed by atoms with van der Waals surface area (Å²) >= 11 is 0. The minimum Gasteiger partial charge on any atom is -0.258 e. The molecule has 122 valence electrons. The van der Waals surface area contributed by atoms with Crippen molar-refractivity contribution in [2.45, 2.75) is 16.7 Å². The number of nitro groups is 1. The van der Waals surface area contributed by atoms with Crippen molar-refractivity contribution < 1.29 is 17.6 Å². The van der Waals surface area contributed by atoms with E-state index < -0.39 is 24.9 Å². The third-order valence-electron chi connectivity index (χ3n) is 2.91. The van der Waals surface area contributed by atoms with E-state index in [0.717, 1.165) is 29.8 Å². The van der Waals surface area contributed by atoms with Gasteiger partial charge in [-0.3, -0.25) is 10.1 Å². The highest BCUT2D eigenvalue weighted by atomic mass is 32.3. The Kier molecular flexibility index (Phi) is 4.50. The van der Waals surface area contributed by atoms with E-state index in [9.17, 15) is 22.7 Å². The summed E-state index contributed by atoms with van der Waals surface area (Å²) in [6.45, 7) is 1.81. The summed E-state index contributed by atoms with van der Waals surface area (Å²) in [6, 6.07) is 10.2. The SMILES string of the molecule is Cc1ccc(S(N)(=O)=NS(=O)(=O)c2ccc([N+](=O)[O-])cc2)cc1. The molecule has 0 amide bonds. The fourth-order valence-electron chi connectivity index (χ4n) is 1.70. The molecule has 0 saturated carbocycles. The van der Waals surface area contributed by atoms with Gasteiger partial charge >= 0.3 is 0 Å². The molecule has 8 nitrogen and oxygen atoms in total. The zero-order chi connectivity index (χ0) is 17.3. The number of sulfonamides is 1. The maximum absolute atomic E-state index is 12.4. The molecule has 23 heavy (non-hydrogen) atoms. The van der Waals surface area contributed by atoms with Gasteiger partial charge in [0.15, 0.2) is 0 Å². The summed E-state index contributed by atoms with van der Waals surface area (Å²) in [5, 5.41) is 16.1. The molecular weight excluding hydrogens is 342 g/mol. The molecule has 0 fully saturated rings. The molecule has 0 aliphatic rings. The van der Waals surface area contributed by atoms with Crippen LogP contribution >= 0.6 is 0 Å². The number of benzene rings is 2. The van der Waals surface area contributed by atoms with Crippen molar-refractivity contribution in [3.63, 3.8) is 0 Å². The van der Waals surface area contributed by atoms with E-state index in [-0.39, 0.29) is 15.5 Å². The number of hydrogen-bond acceptors (Lipinski definition) is 5. The third-order valence-corrected chi connectivity index (χ3v) is 6.40. The first-order valence-corrected chi connectivity index (χ1v) is 9.26. The Hall–Kier alpha value is -2.30. The third kappa shape index (κ3) is 3.92. The number of hydrogen-bond donors (Lipinski definition) is 1. The average Bonchev–Trinajstić information content (AvgIpc) is 2.46. The van der Waals surface area contributed by atoms with E-state index in [2.05, 4.69) is 3.77 Å². The summed E-state index contributed by atoms with van der Waals surface area (Å²) in [4.78, 5) is 9.66. The predicted molar refractivity (Wildman–Crippen MR) is 84.5 cm³/mol. The largest absolute Gasteiger partial charge is 0.291 e. The van der Waals surface area contributed by atoms with Crippen LogP contribution in [0.3, 0.4) is 0 Å². The Balaban J connectivity index is 2.48. The molecule has 1 atom stereocenters. The second kappa shape index (κ2) is 6.07. The number of non-ortho nitro benzene ring substituents is 1. The number of nitro benzene ring substituents is 1. The Bertz CT molecular complexity index is 958. The lowest BCUT2D eigenvalue weighted by molar-refractivity contribution is -0.384.